The van der Waals surface area contributed by atoms with Crippen molar-refractivity contribution in [2.75, 3.05) is 0 Å². The fraction of sp³-hybridized carbons (Fsp3) is 0.0308. The minimum absolute atomic E-state index is 0. The van der Waals surface area contributed by atoms with Crippen molar-refractivity contribution in [1.29, 1.82) is 0 Å². The van der Waals surface area contributed by atoms with Gasteiger partial charge in [-0.2, -0.15) is 0 Å². The van der Waals surface area contributed by atoms with E-state index in [-0.39, 0.29) is 12.8 Å². The molecule has 0 bridgehead atoms. The molecule has 0 radical (unpaired) electrons. The highest BCUT2D eigenvalue weighted by molar-refractivity contribution is 6.24. The molecule has 0 saturated carbocycles. The lowest BCUT2D eigenvalue weighted by molar-refractivity contribution is 0.661. The van der Waals surface area contributed by atoms with Crippen LogP contribution in [0, 0.1) is 0 Å². The van der Waals surface area contributed by atoms with E-state index < -0.39 is 0 Å². The largest absolute Gasteiger partial charge is 0.455 e. The van der Waals surface area contributed by atoms with Gasteiger partial charge in [-0.05, 0) is 200 Å². The zero-order valence-corrected chi connectivity index (χ0v) is 75.7. The van der Waals surface area contributed by atoms with E-state index in [1.807, 2.05) is 42.5 Å². The molecule has 27 aromatic rings. The molecule has 0 atom stereocenters. The minimum Gasteiger partial charge on any atom is -0.455 e. The van der Waals surface area contributed by atoms with E-state index in [0.29, 0.717) is 5.95 Å². The van der Waals surface area contributed by atoms with Crippen molar-refractivity contribution in [2.24, 2.45) is 0 Å². The van der Waals surface area contributed by atoms with Gasteiger partial charge in [0.1, 0.15) is 11.2 Å². The molecule has 7 heterocycles. The standard InChI is InChI=1S/C50H32N4.C43H31N3.C36H23NO.CH4/c1-3-14-33(15-4-1)35-18-13-19-38(30-35)53-45-24-11-8-20-39(45)42-31-36(26-28-47(42)53)37-27-29-48-43(32-37)40-21-9-12-25-46(40)54(48)50-51-44-23-10-7-22-41(44)49(52-50)34-16-5-2-6-17-34;1-43(2)36-19-11-9-17-32(36)34-26-41-35(25-37(34)43)33-18-10-12-20-40(33)46(41)31-23-21-29(22-24-31)39-27-38(28-13-5-3-6-14-28)44-42(45-39)30-15-7-4-8-16-30;1-3-11-24(12-4-1)26-21-27(25-13-5-2-6-14-25)23-28(22-26)37-32-17-9-7-16-31(32)35-33(37)20-19-30-29-15-8-10-18-34(29)38-36(30)35;/h1-32H;3-27H,1-2H3;1-23H;1H4. The van der Waals surface area contributed by atoms with Crippen LogP contribution < -0.4 is 0 Å². The summed E-state index contributed by atoms with van der Waals surface area (Å²) in [4.78, 5) is 20.4. The van der Waals surface area contributed by atoms with Gasteiger partial charge in [0.2, 0.25) is 5.95 Å². The monoisotopic (exact) mass is 1780 g/mol. The van der Waals surface area contributed by atoms with Crippen molar-refractivity contribution in [3.63, 3.8) is 0 Å². The summed E-state index contributed by atoms with van der Waals surface area (Å²) < 4.78 is 15.9. The van der Waals surface area contributed by atoms with Gasteiger partial charge in [0.05, 0.1) is 72.1 Å². The number of fused-ring (bicyclic) bond motifs is 20. The maximum Gasteiger partial charge on any atom is 0.235 e. The molecule has 28 rings (SSSR count). The fourth-order valence-electron chi connectivity index (χ4n) is 21.4. The Balaban J connectivity index is 0.000000112. The third-order valence-electron chi connectivity index (χ3n) is 27.9. The van der Waals surface area contributed by atoms with Gasteiger partial charge in [-0.3, -0.25) is 4.57 Å². The van der Waals surface area contributed by atoms with Crippen LogP contribution in [0.25, 0.3) is 244 Å². The predicted molar refractivity (Wildman–Crippen MR) is 580 cm³/mol. The molecule has 0 saturated heterocycles. The number of para-hydroxylation sites is 6. The molecule has 656 valence electrons. The van der Waals surface area contributed by atoms with Crippen LogP contribution in [-0.2, 0) is 5.41 Å². The Kier molecular flexibility index (Phi) is 20.3. The van der Waals surface area contributed by atoms with Gasteiger partial charge in [0, 0.05) is 98.6 Å². The number of aromatic nitrogens is 8. The Morgan fingerprint density at radius 1 is 0.216 bits per heavy atom. The quantitative estimate of drug-likeness (QED) is 0.122. The van der Waals surface area contributed by atoms with Gasteiger partial charge in [-0.1, -0.05) is 373 Å². The summed E-state index contributed by atoms with van der Waals surface area (Å²) in [5.74, 6) is 1.39. The van der Waals surface area contributed by atoms with Gasteiger partial charge < -0.3 is 18.1 Å². The third-order valence-corrected chi connectivity index (χ3v) is 27.9. The van der Waals surface area contributed by atoms with Crippen LogP contribution in [0.4, 0.5) is 0 Å². The number of furan rings is 1. The number of rotatable bonds is 12. The smallest absolute Gasteiger partial charge is 0.235 e. The van der Waals surface area contributed by atoms with Crippen LogP contribution >= 0.6 is 0 Å². The first kappa shape index (κ1) is 82.7. The first-order valence-corrected chi connectivity index (χ1v) is 47.1. The molecule has 0 spiro atoms. The second-order valence-corrected chi connectivity index (χ2v) is 36.3. The van der Waals surface area contributed by atoms with Crippen LogP contribution in [-0.4, -0.2) is 38.2 Å². The molecule has 9 heteroatoms. The molecular formula is C130H90N8O. The van der Waals surface area contributed by atoms with Crippen LogP contribution in [0.2, 0.25) is 0 Å². The topological polar surface area (TPSA) is 84.4 Å². The van der Waals surface area contributed by atoms with Gasteiger partial charge in [-0.25, -0.2) is 19.9 Å². The Bertz CT molecular complexity index is 9350. The van der Waals surface area contributed by atoms with Crippen molar-refractivity contribution >= 4 is 120 Å². The zero-order chi connectivity index (χ0) is 91.5. The lowest BCUT2D eigenvalue weighted by Crippen LogP contribution is -2.14. The van der Waals surface area contributed by atoms with Crippen molar-refractivity contribution in [3.05, 3.63) is 496 Å². The number of hydrogen-bond donors (Lipinski definition) is 0. The van der Waals surface area contributed by atoms with E-state index >= 15 is 0 Å². The maximum atomic E-state index is 6.50. The summed E-state index contributed by atoms with van der Waals surface area (Å²) in [5, 5.41) is 13.0. The SMILES string of the molecule is C.CC1(C)c2ccccc2-c2cc3c(cc21)c1ccccc1n3-c1ccc(-c2cc(-c3ccccc3)nc(-c3ccccc3)n2)cc1.c1ccc(-c2cc(-c3ccccc3)cc(-n3c4ccccc4c4c5oc6ccccc6c5ccc43)c2)cc1.c1ccc(-c2cccc(-n3c4ccccc4c4cc(-c5ccc6c(c5)c5ccccc5n6-c5nc(-c6ccccc6)c6ccccc6n5)ccc43)c2)cc1. The summed E-state index contributed by atoms with van der Waals surface area (Å²) in [5.41, 5.74) is 37.4. The molecular weight excluding hydrogens is 1690 g/mol. The molecule has 20 aromatic carbocycles. The van der Waals surface area contributed by atoms with Crippen LogP contribution in [0.5, 0.6) is 0 Å². The molecule has 0 fully saturated rings. The third kappa shape index (κ3) is 14.2. The summed E-state index contributed by atoms with van der Waals surface area (Å²) in [6, 6.07) is 173. The van der Waals surface area contributed by atoms with Crippen LogP contribution in [0.3, 0.4) is 0 Å². The zero-order valence-electron chi connectivity index (χ0n) is 75.7. The Morgan fingerprint density at radius 3 is 1.24 bits per heavy atom. The lowest BCUT2D eigenvalue weighted by Gasteiger charge is -2.21. The summed E-state index contributed by atoms with van der Waals surface area (Å²) in [7, 11) is 0. The van der Waals surface area contributed by atoms with E-state index in [2.05, 4.69) is 475 Å². The molecule has 7 aromatic heterocycles. The Morgan fingerprint density at radius 2 is 0.633 bits per heavy atom. The van der Waals surface area contributed by atoms with Gasteiger partial charge in [0.15, 0.2) is 5.82 Å². The van der Waals surface area contributed by atoms with Crippen molar-refractivity contribution in [1.82, 2.24) is 38.2 Å². The normalized spacial score (nSPS) is 12.1. The molecule has 0 amide bonds. The second kappa shape index (κ2) is 34.1. The number of benzene rings is 20. The minimum atomic E-state index is -0.0419. The van der Waals surface area contributed by atoms with E-state index in [1.54, 1.807) is 0 Å². The van der Waals surface area contributed by atoms with Crippen LogP contribution in [0.1, 0.15) is 32.4 Å². The van der Waals surface area contributed by atoms with Crippen molar-refractivity contribution in [3.8, 4) is 124 Å². The molecule has 0 aliphatic heterocycles. The molecule has 139 heavy (non-hydrogen) atoms. The highest BCUT2D eigenvalue weighted by Gasteiger charge is 2.37. The average molecular weight is 1780 g/mol. The fourth-order valence-corrected chi connectivity index (χ4v) is 21.4. The van der Waals surface area contributed by atoms with E-state index in [9.17, 15) is 0 Å². The van der Waals surface area contributed by atoms with E-state index in [4.69, 9.17) is 24.4 Å². The number of nitrogens with zero attached hydrogens (tertiary/aromatic N) is 8. The molecule has 0 unspecified atom stereocenters. The van der Waals surface area contributed by atoms with Crippen LogP contribution in [0.15, 0.2) is 490 Å². The first-order chi connectivity index (χ1) is 68.2. The van der Waals surface area contributed by atoms with Crippen molar-refractivity contribution in [2.45, 2.75) is 26.7 Å². The highest BCUT2D eigenvalue weighted by Crippen LogP contribution is 2.52. The lowest BCUT2D eigenvalue weighted by atomic mass is 9.82. The summed E-state index contributed by atoms with van der Waals surface area (Å²) >= 11 is 0. The second-order valence-electron chi connectivity index (χ2n) is 36.3. The molecule has 1 aliphatic rings. The maximum absolute atomic E-state index is 6.50. The molecule has 1 aliphatic carbocycles. The van der Waals surface area contributed by atoms with Gasteiger partial charge >= 0.3 is 0 Å². The van der Waals surface area contributed by atoms with Crippen molar-refractivity contribution < 1.29 is 4.42 Å². The van der Waals surface area contributed by atoms with E-state index in [1.165, 1.54) is 132 Å². The van der Waals surface area contributed by atoms with Gasteiger partial charge in [-0.15, -0.1) is 0 Å². The molecule has 9 nitrogen and oxygen atoms in total. The highest BCUT2D eigenvalue weighted by atomic mass is 16.3. The van der Waals surface area contributed by atoms with Gasteiger partial charge in [0.25, 0.3) is 0 Å². The Hall–Kier alpha value is -18.2. The molecule has 0 N–H and O–H groups in total. The summed E-state index contributed by atoms with van der Waals surface area (Å²) in [6.45, 7) is 4.70. The first-order valence-electron chi connectivity index (χ1n) is 47.1. The summed E-state index contributed by atoms with van der Waals surface area (Å²) in [6.07, 6.45) is 0. The predicted octanol–water partition coefficient (Wildman–Crippen LogP) is 34.4. The number of hydrogen-bond acceptors (Lipinski definition) is 5. The average Bonchev–Trinajstić information content (AvgIpc) is 1.36. The Labute approximate surface area is 804 Å². The van der Waals surface area contributed by atoms with E-state index in [0.717, 1.165) is 117 Å².